The van der Waals surface area contributed by atoms with E-state index in [4.69, 9.17) is 22.4 Å². The van der Waals surface area contributed by atoms with Crippen LogP contribution in [0.3, 0.4) is 0 Å². The number of aromatic nitrogens is 4. The topological polar surface area (TPSA) is 49.0 Å². The summed E-state index contributed by atoms with van der Waals surface area (Å²) in [5.74, 6) is 1.36. The Hall–Kier alpha value is -9.09. The standard InChI is InChI=1S/C72H50N4O2.Pt/c1-44-17-14-18-45(2)69(44)47-38-60(46-31-34-67-61(37-46)58-26-11-13-30-66(58)78-67)70-62(39-47)55-24-9-7-22-53(55)52-21-6-8-23-54(52)59-27-16-29-64-71(59)75(70)43-74(64)49-19-15-20-50(41-49)77-51-32-33-57-56-25-10-12-28-63(56)76(65(57)42-51)68-40-48(35-36-73-68)72(3,4)5;/h6-40H,1-5H3;/q-2;/i1D3,2D3,6D,7D,8D,9D,21D,22D,23D,24D;. The molecular weight excluding hydrogens is 1150 g/mol. The van der Waals surface area contributed by atoms with Gasteiger partial charge < -0.3 is 18.3 Å². The average Bonchev–Trinajstić information content (AvgIpc) is 1.65. The van der Waals surface area contributed by atoms with Gasteiger partial charge in [0.1, 0.15) is 17.0 Å². The zero-order valence-electron chi connectivity index (χ0n) is 56.5. The zero-order valence-corrected chi connectivity index (χ0v) is 44.8. The molecule has 0 spiro atoms. The van der Waals surface area contributed by atoms with Crippen molar-refractivity contribution in [2.24, 2.45) is 0 Å². The van der Waals surface area contributed by atoms with Gasteiger partial charge in [-0.05, 0) is 151 Å². The van der Waals surface area contributed by atoms with Gasteiger partial charge in [-0.15, -0.1) is 29.7 Å². The van der Waals surface area contributed by atoms with Crippen LogP contribution in [0.15, 0.2) is 217 Å². The fraction of sp³-hybridized carbons (Fsp3) is 0.0833. The molecule has 15 rings (SSSR count). The van der Waals surface area contributed by atoms with Gasteiger partial charge in [0.15, 0.2) is 0 Å². The van der Waals surface area contributed by atoms with Gasteiger partial charge in [0.25, 0.3) is 6.33 Å². The SMILES string of the molecule is [2H]c1c([2H])c([2H])c2c(c1[2H])-c1cc(-c3c(C([2H])([2H])[2H])cccc3C([2H])([2H])[2H])cc(-c3ccc4oc5ccccc5c4c3)c1-[n+]1[c-]n(-c3[c-]c(Oc4[c-]c5c(cc4)c4ccccc4n5-c4cc(C(C)(C)C)ccn4)ccc3)c3cccc(c31)-c1c([2H])c([2H])c([2H])c([2H])c1-2.[Pt]. The molecule has 6 nitrogen and oxygen atoms in total. The van der Waals surface area contributed by atoms with Crippen LogP contribution in [-0.4, -0.2) is 14.1 Å². The van der Waals surface area contributed by atoms with E-state index in [1.54, 1.807) is 63.7 Å². The number of hydrogen-bond acceptors (Lipinski definition) is 3. The van der Waals surface area contributed by atoms with Crippen molar-refractivity contribution in [2.45, 2.75) is 39.9 Å². The fourth-order valence-corrected chi connectivity index (χ4v) is 11.2. The van der Waals surface area contributed by atoms with E-state index in [1.165, 1.54) is 24.3 Å². The molecule has 10 aromatic carbocycles. The van der Waals surface area contributed by atoms with Crippen molar-refractivity contribution in [1.82, 2.24) is 14.1 Å². The number of para-hydroxylation sites is 3. The van der Waals surface area contributed by atoms with Crippen LogP contribution in [0.4, 0.5) is 0 Å². The number of pyridine rings is 1. The summed E-state index contributed by atoms with van der Waals surface area (Å²) < 4.78 is 148. The first-order valence-corrected chi connectivity index (χ1v) is 25.5. The number of ether oxygens (including phenoxy) is 1. The Bertz CT molecular complexity index is 5490. The van der Waals surface area contributed by atoms with E-state index in [0.717, 1.165) is 32.8 Å². The maximum Gasteiger partial charge on any atom is 0.268 e. The van der Waals surface area contributed by atoms with Gasteiger partial charge in [-0.25, -0.2) is 4.98 Å². The van der Waals surface area contributed by atoms with E-state index in [1.807, 2.05) is 72.9 Å². The molecule has 4 aromatic heterocycles. The molecule has 79 heavy (non-hydrogen) atoms. The Balaban J connectivity index is 0.00000749. The molecule has 1 aliphatic heterocycles. The van der Waals surface area contributed by atoms with Gasteiger partial charge in [0.05, 0.1) is 27.7 Å². The summed E-state index contributed by atoms with van der Waals surface area (Å²) in [5, 5.41) is 3.37. The van der Waals surface area contributed by atoms with Gasteiger partial charge in [0.2, 0.25) is 0 Å². The van der Waals surface area contributed by atoms with Crippen molar-refractivity contribution < 1.29 is 54.0 Å². The predicted molar refractivity (Wildman–Crippen MR) is 316 cm³/mol. The summed E-state index contributed by atoms with van der Waals surface area (Å²) in [4.78, 5) is 4.84. The zero-order chi connectivity index (χ0) is 64.4. The van der Waals surface area contributed by atoms with Crippen molar-refractivity contribution in [3.63, 3.8) is 0 Å². The van der Waals surface area contributed by atoms with Gasteiger partial charge in [-0.1, -0.05) is 153 Å². The minimum Gasteiger partial charge on any atom is -0.510 e. The number of nitrogens with zero attached hydrogens (tertiary/aromatic N) is 4. The first-order chi connectivity index (χ1) is 43.9. The van der Waals surface area contributed by atoms with Crippen molar-refractivity contribution in [3.05, 3.63) is 247 Å². The maximum absolute atomic E-state index is 10.0. The molecule has 0 bridgehead atoms. The maximum atomic E-state index is 10.0. The number of rotatable bonds is 6. The summed E-state index contributed by atoms with van der Waals surface area (Å²) in [6.45, 7) is 0.681. The Morgan fingerprint density at radius 1 is 0.570 bits per heavy atom. The molecule has 0 fully saturated rings. The number of imidazole rings is 1. The molecule has 0 aliphatic carbocycles. The van der Waals surface area contributed by atoms with Crippen LogP contribution in [0.25, 0.3) is 128 Å². The fourth-order valence-electron chi connectivity index (χ4n) is 11.2. The molecule has 0 saturated carbocycles. The molecular formula is C72H50N4O2Pt-2. The first-order valence-electron chi connectivity index (χ1n) is 32.5. The summed E-state index contributed by atoms with van der Waals surface area (Å²) in [5.41, 5.74) is 4.49. The third-order valence-corrected chi connectivity index (χ3v) is 14.8. The monoisotopic (exact) mass is 1210 g/mol. The van der Waals surface area contributed by atoms with Crippen molar-refractivity contribution >= 4 is 54.8 Å². The van der Waals surface area contributed by atoms with E-state index < -0.39 is 62.0 Å². The van der Waals surface area contributed by atoms with Crippen molar-refractivity contribution in [3.8, 4) is 84.3 Å². The Morgan fingerprint density at radius 3 is 2.03 bits per heavy atom. The average molecular weight is 1210 g/mol. The summed E-state index contributed by atoms with van der Waals surface area (Å²) in [7, 11) is 0. The van der Waals surface area contributed by atoms with Crippen LogP contribution in [0.2, 0.25) is 0 Å². The molecule has 14 aromatic rings. The van der Waals surface area contributed by atoms with Gasteiger partial charge in [-0.3, -0.25) is 4.57 Å². The van der Waals surface area contributed by atoms with E-state index in [9.17, 15) is 11.0 Å². The van der Waals surface area contributed by atoms with Crippen LogP contribution in [0, 0.1) is 32.2 Å². The first kappa shape index (κ1) is 35.3. The summed E-state index contributed by atoms with van der Waals surface area (Å²) in [6.07, 6.45) is 5.41. The van der Waals surface area contributed by atoms with Gasteiger partial charge in [-0.2, -0.15) is 18.2 Å². The molecule has 0 atom stereocenters. The summed E-state index contributed by atoms with van der Waals surface area (Å²) in [6, 6.07) is 48.7. The molecule has 0 amide bonds. The smallest absolute Gasteiger partial charge is 0.268 e. The molecule has 0 unspecified atom stereocenters. The third kappa shape index (κ3) is 7.80. The molecule has 1 aliphatic rings. The second-order valence-corrected chi connectivity index (χ2v) is 20.5. The third-order valence-electron chi connectivity index (χ3n) is 14.8. The largest absolute Gasteiger partial charge is 0.510 e. The molecule has 7 heteroatoms. The number of benzene rings is 10. The van der Waals surface area contributed by atoms with Crippen LogP contribution in [-0.2, 0) is 26.5 Å². The van der Waals surface area contributed by atoms with E-state index >= 15 is 0 Å². The second kappa shape index (κ2) is 18.5. The Morgan fingerprint density at radius 2 is 1.24 bits per heavy atom. The molecule has 382 valence electrons. The van der Waals surface area contributed by atoms with E-state index in [2.05, 4.69) is 55.9 Å². The minimum absolute atomic E-state index is 0. The van der Waals surface area contributed by atoms with Crippen LogP contribution in [0.1, 0.15) is 56.7 Å². The minimum atomic E-state index is -2.89. The van der Waals surface area contributed by atoms with Gasteiger partial charge >= 0.3 is 0 Å². The molecule has 0 saturated heterocycles. The quantitative estimate of drug-likeness (QED) is 0.123. The number of hydrogen-bond donors (Lipinski definition) is 0. The van der Waals surface area contributed by atoms with Crippen molar-refractivity contribution in [2.75, 3.05) is 0 Å². The van der Waals surface area contributed by atoms with E-state index in [-0.39, 0.29) is 93.6 Å². The molecule has 0 radical (unpaired) electrons. The second-order valence-electron chi connectivity index (χ2n) is 20.5. The van der Waals surface area contributed by atoms with Crippen LogP contribution >= 0.6 is 0 Å². The number of furan rings is 1. The van der Waals surface area contributed by atoms with Crippen molar-refractivity contribution in [1.29, 1.82) is 0 Å². The molecule has 5 heterocycles. The normalized spacial score (nSPS) is 14.9. The van der Waals surface area contributed by atoms with Crippen LogP contribution < -0.4 is 9.30 Å². The Kier molecular flexibility index (Phi) is 8.30. The number of fused-ring (bicyclic) bond motifs is 13. The van der Waals surface area contributed by atoms with E-state index in [0.29, 0.717) is 56.0 Å². The predicted octanol–water partition coefficient (Wildman–Crippen LogP) is 18.1. The summed E-state index contributed by atoms with van der Waals surface area (Å²) >= 11 is 0. The van der Waals surface area contributed by atoms with Gasteiger partial charge in [0, 0.05) is 63.3 Å². The number of aryl methyl sites for hydroxylation is 2. The van der Waals surface area contributed by atoms with Crippen LogP contribution in [0.5, 0.6) is 11.5 Å². The Labute approximate surface area is 492 Å². The molecule has 0 N–H and O–H groups in total.